The minimum Gasteiger partial charge on any atom is -0.502 e. The molecule has 0 unspecified atom stereocenters. The molecule has 1 aromatic rings. The highest BCUT2D eigenvalue weighted by atomic mass is 16.6. The first-order chi connectivity index (χ1) is 8.06. The SMILES string of the molecule is COCCOC(=O)c1ccc(O)c([N+](=O)[O-])c1. The van der Waals surface area contributed by atoms with Gasteiger partial charge in [0.2, 0.25) is 0 Å². The van der Waals surface area contributed by atoms with E-state index in [4.69, 9.17) is 4.74 Å². The average molecular weight is 241 g/mol. The van der Waals surface area contributed by atoms with Crippen molar-refractivity contribution < 1.29 is 24.3 Å². The number of ether oxygens (including phenoxy) is 2. The number of aromatic hydroxyl groups is 1. The van der Waals surface area contributed by atoms with Crippen LogP contribution in [0.1, 0.15) is 10.4 Å². The second-order valence-electron chi connectivity index (χ2n) is 3.09. The van der Waals surface area contributed by atoms with E-state index in [1.807, 2.05) is 0 Å². The number of nitro benzene ring substituents is 1. The number of phenols is 1. The molecule has 0 fully saturated rings. The number of carbonyl (C=O) groups excluding carboxylic acids is 1. The number of benzene rings is 1. The summed E-state index contributed by atoms with van der Waals surface area (Å²) >= 11 is 0. The fourth-order valence-electron chi connectivity index (χ4n) is 1.10. The van der Waals surface area contributed by atoms with E-state index in [-0.39, 0.29) is 18.8 Å². The van der Waals surface area contributed by atoms with Crippen molar-refractivity contribution in [2.24, 2.45) is 0 Å². The molecule has 0 atom stereocenters. The van der Waals surface area contributed by atoms with Crippen LogP contribution in [0.4, 0.5) is 5.69 Å². The summed E-state index contributed by atoms with van der Waals surface area (Å²) in [6.07, 6.45) is 0. The minimum absolute atomic E-state index is 0.00519. The maximum atomic E-state index is 11.4. The van der Waals surface area contributed by atoms with Gasteiger partial charge >= 0.3 is 11.7 Å². The Balaban J connectivity index is 2.81. The van der Waals surface area contributed by atoms with Crippen molar-refractivity contribution in [2.45, 2.75) is 0 Å². The zero-order valence-electron chi connectivity index (χ0n) is 9.08. The molecule has 7 heteroatoms. The summed E-state index contributed by atoms with van der Waals surface area (Å²) in [5.41, 5.74) is -0.531. The van der Waals surface area contributed by atoms with Gasteiger partial charge in [-0.25, -0.2) is 4.79 Å². The Kier molecular flexibility index (Phi) is 4.41. The molecule has 92 valence electrons. The van der Waals surface area contributed by atoms with Crippen LogP contribution >= 0.6 is 0 Å². The van der Waals surface area contributed by atoms with E-state index < -0.39 is 22.3 Å². The van der Waals surface area contributed by atoms with Gasteiger partial charge in [0, 0.05) is 13.2 Å². The zero-order chi connectivity index (χ0) is 12.8. The van der Waals surface area contributed by atoms with Crippen LogP contribution in [0.2, 0.25) is 0 Å². The van der Waals surface area contributed by atoms with Crippen molar-refractivity contribution in [1.29, 1.82) is 0 Å². The lowest BCUT2D eigenvalue weighted by atomic mass is 10.2. The van der Waals surface area contributed by atoms with Gasteiger partial charge in [0.05, 0.1) is 17.1 Å². The smallest absolute Gasteiger partial charge is 0.338 e. The maximum Gasteiger partial charge on any atom is 0.338 e. The molecular weight excluding hydrogens is 230 g/mol. The summed E-state index contributed by atoms with van der Waals surface area (Å²) in [7, 11) is 1.46. The van der Waals surface area contributed by atoms with Gasteiger partial charge in [-0.1, -0.05) is 0 Å². The Morgan fingerprint density at radius 1 is 1.47 bits per heavy atom. The summed E-state index contributed by atoms with van der Waals surface area (Å²) in [6.45, 7) is 0.302. The first-order valence-corrected chi connectivity index (χ1v) is 4.69. The van der Waals surface area contributed by atoms with Gasteiger partial charge in [0.1, 0.15) is 6.61 Å². The third-order valence-electron chi connectivity index (χ3n) is 1.93. The van der Waals surface area contributed by atoms with Crippen LogP contribution in [-0.2, 0) is 9.47 Å². The van der Waals surface area contributed by atoms with Gasteiger partial charge in [-0.15, -0.1) is 0 Å². The molecule has 0 amide bonds. The average Bonchev–Trinajstić information content (AvgIpc) is 2.29. The van der Waals surface area contributed by atoms with E-state index in [2.05, 4.69) is 4.74 Å². The van der Waals surface area contributed by atoms with E-state index in [9.17, 15) is 20.0 Å². The van der Waals surface area contributed by atoms with E-state index in [1.165, 1.54) is 13.2 Å². The molecule has 0 heterocycles. The standard InChI is InChI=1S/C10H11NO6/c1-16-4-5-17-10(13)7-2-3-9(12)8(6-7)11(14)15/h2-3,6,12H,4-5H2,1H3. The first kappa shape index (κ1) is 12.9. The molecule has 0 aliphatic carbocycles. The van der Waals surface area contributed by atoms with E-state index in [0.717, 1.165) is 12.1 Å². The molecule has 7 nitrogen and oxygen atoms in total. The van der Waals surface area contributed by atoms with Crippen molar-refractivity contribution in [2.75, 3.05) is 20.3 Å². The molecular formula is C10H11NO6. The Labute approximate surface area is 96.7 Å². The highest BCUT2D eigenvalue weighted by Crippen LogP contribution is 2.26. The molecule has 0 saturated carbocycles. The molecule has 0 saturated heterocycles. The number of hydrogen-bond donors (Lipinski definition) is 1. The van der Waals surface area contributed by atoms with Crippen LogP contribution in [0.5, 0.6) is 5.75 Å². The predicted octanol–water partition coefficient (Wildman–Crippen LogP) is 1.10. The van der Waals surface area contributed by atoms with E-state index >= 15 is 0 Å². The number of methoxy groups -OCH3 is 1. The molecule has 0 bridgehead atoms. The fourth-order valence-corrected chi connectivity index (χ4v) is 1.10. The van der Waals surface area contributed by atoms with Crippen molar-refractivity contribution >= 4 is 11.7 Å². The number of esters is 1. The summed E-state index contributed by atoms with van der Waals surface area (Å²) in [6, 6.07) is 3.28. The maximum absolute atomic E-state index is 11.4. The minimum atomic E-state index is -0.777. The first-order valence-electron chi connectivity index (χ1n) is 4.69. The summed E-state index contributed by atoms with van der Waals surface area (Å²) in [5, 5.41) is 19.7. The summed E-state index contributed by atoms with van der Waals surface area (Å²) < 4.78 is 9.46. The molecule has 1 N–H and O–H groups in total. The topological polar surface area (TPSA) is 98.9 Å². The van der Waals surface area contributed by atoms with Crippen LogP contribution in [0.25, 0.3) is 0 Å². The van der Waals surface area contributed by atoms with Crippen molar-refractivity contribution in [3.63, 3.8) is 0 Å². The van der Waals surface area contributed by atoms with Gasteiger partial charge in [-0.2, -0.15) is 0 Å². The van der Waals surface area contributed by atoms with Gasteiger partial charge < -0.3 is 14.6 Å². The Bertz CT molecular complexity index is 431. The van der Waals surface area contributed by atoms with Crippen molar-refractivity contribution in [3.05, 3.63) is 33.9 Å². The number of hydrogen-bond acceptors (Lipinski definition) is 6. The zero-order valence-corrected chi connectivity index (χ0v) is 9.08. The van der Waals surface area contributed by atoms with Crippen LogP contribution < -0.4 is 0 Å². The normalized spacial score (nSPS) is 9.94. The molecule has 0 aliphatic rings. The molecule has 1 rings (SSSR count). The van der Waals surface area contributed by atoms with E-state index in [1.54, 1.807) is 0 Å². The lowest BCUT2D eigenvalue weighted by Gasteiger charge is -2.04. The third-order valence-corrected chi connectivity index (χ3v) is 1.93. The molecule has 0 aliphatic heterocycles. The summed E-state index contributed by atoms with van der Waals surface area (Å²) in [5.74, 6) is -1.20. The van der Waals surface area contributed by atoms with Gasteiger partial charge in [0.15, 0.2) is 5.75 Å². The van der Waals surface area contributed by atoms with Crippen molar-refractivity contribution in [1.82, 2.24) is 0 Å². The molecule has 17 heavy (non-hydrogen) atoms. The predicted molar refractivity (Wildman–Crippen MR) is 56.9 cm³/mol. The quantitative estimate of drug-likeness (QED) is 0.358. The van der Waals surface area contributed by atoms with Crippen LogP contribution in [0.3, 0.4) is 0 Å². The number of nitro groups is 1. The number of carbonyl (C=O) groups is 1. The van der Waals surface area contributed by atoms with Crippen LogP contribution in [0, 0.1) is 10.1 Å². The monoisotopic (exact) mass is 241 g/mol. The largest absolute Gasteiger partial charge is 0.502 e. The second kappa shape index (κ2) is 5.80. The summed E-state index contributed by atoms with van der Waals surface area (Å²) in [4.78, 5) is 21.2. The number of phenolic OH excluding ortho intramolecular Hbond substituents is 1. The van der Waals surface area contributed by atoms with Crippen LogP contribution in [-0.4, -0.2) is 36.3 Å². The van der Waals surface area contributed by atoms with Gasteiger partial charge in [-0.05, 0) is 12.1 Å². The van der Waals surface area contributed by atoms with Crippen molar-refractivity contribution in [3.8, 4) is 5.75 Å². The molecule has 0 radical (unpaired) electrons. The lowest BCUT2D eigenvalue weighted by molar-refractivity contribution is -0.385. The second-order valence-corrected chi connectivity index (χ2v) is 3.09. The van der Waals surface area contributed by atoms with Gasteiger partial charge in [0.25, 0.3) is 0 Å². The Hall–Kier alpha value is -2.15. The number of nitrogens with zero attached hydrogens (tertiary/aromatic N) is 1. The molecule has 0 spiro atoms. The highest BCUT2D eigenvalue weighted by Gasteiger charge is 2.17. The number of rotatable bonds is 5. The van der Waals surface area contributed by atoms with Crippen LogP contribution in [0.15, 0.2) is 18.2 Å². The molecule has 1 aromatic carbocycles. The molecule has 0 aromatic heterocycles. The Morgan fingerprint density at radius 3 is 2.76 bits per heavy atom. The van der Waals surface area contributed by atoms with Gasteiger partial charge in [-0.3, -0.25) is 10.1 Å². The fraction of sp³-hybridized carbons (Fsp3) is 0.300. The third kappa shape index (κ3) is 3.42. The Morgan fingerprint density at radius 2 is 2.18 bits per heavy atom. The van der Waals surface area contributed by atoms with E-state index in [0.29, 0.717) is 0 Å². The lowest BCUT2D eigenvalue weighted by Crippen LogP contribution is -2.10. The highest BCUT2D eigenvalue weighted by molar-refractivity contribution is 5.90.